The number of hydrogen-bond donors (Lipinski definition) is 1. The van der Waals surface area contributed by atoms with E-state index in [1.807, 2.05) is 6.07 Å². The molecule has 1 aliphatic rings. The first kappa shape index (κ1) is 18.4. The summed E-state index contributed by atoms with van der Waals surface area (Å²) in [5, 5.41) is 4.75. The molecule has 1 N–H and O–H groups in total. The molecule has 8 heteroatoms. The Morgan fingerprint density at radius 3 is 2.75 bits per heavy atom. The minimum atomic E-state index is -0.788. The number of rotatable bonds is 4. The summed E-state index contributed by atoms with van der Waals surface area (Å²) >= 11 is 12.2. The van der Waals surface area contributed by atoms with E-state index < -0.39 is 12.0 Å². The fourth-order valence-electron chi connectivity index (χ4n) is 2.64. The van der Waals surface area contributed by atoms with Crippen LogP contribution in [0.4, 0.5) is 0 Å². The van der Waals surface area contributed by atoms with Crippen molar-refractivity contribution in [2.45, 2.75) is 6.10 Å². The van der Waals surface area contributed by atoms with Crippen LogP contribution >= 0.6 is 23.2 Å². The second-order valence-electron chi connectivity index (χ2n) is 5.90. The average Bonchev–Trinajstić information content (AvgIpc) is 3.18. The van der Waals surface area contributed by atoms with E-state index in [-0.39, 0.29) is 6.61 Å². The zero-order valence-corrected chi connectivity index (χ0v) is 15.9. The minimum absolute atomic E-state index is 0.108. The molecule has 1 amide bonds. The van der Waals surface area contributed by atoms with Crippen LogP contribution in [0.5, 0.6) is 11.5 Å². The van der Waals surface area contributed by atoms with Crippen molar-refractivity contribution in [1.82, 2.24) is 5.43 Å². The van der Waals surface area contributed by atoms with E-state index in [1.54, 1.807) is 48.5 Å². The van der Waals surface area contributed by atoms with E-state index in [1.165, 1.54) is 6.21 Å². The van der Waals surface area contributed by atoms with Crippen molar-refractivity contribution in [2.24, 2.45) is 5.10 Å². The Hall–Kier alpha value is -2.96. The van der Waals surface area contributed by atoms with Crippen LogP contribution in [0.25, 0.3) is 11.3 Å². The van der Waals surface area contributed by atoms with Crippen molar-refractivity contribution in [1.29, 1.82) is 0 Å². The van der Waals surface area contributed by atoms with E-state index in [9.17, 15) is 4.79 Å². The molecule has 0 spiro atoms. The van der Waals surface area contributed by atoms with Crippen LogP contribution in [0.2, 0.25) is 10.0 Å². The molecule has 1 atom stereocenters. The number of ether oxygens (including phenoxy) is 2. The molecule has 0 unspecified atom stereocenters. The predicted molar refractivity (Wildman–Crippen MR) is 106 cm³/mol. The molecule has 3 aromatic rings. The molecule has 0 bridgehead atoms. The highest BCUT2D eigenvalue weighted by atomic mass is 35.5. The number of carbonyl (C=O) groups excluding carboxylic acids is 1. The number of para-hydroxylation sites is 2. The van der Waals surface area contributed by atoms with Crippen molar-refractivity contribution in [3.05, 3.63) is 70.4 Å². The number of nitrogens with zero attached hydrogens (tertiary/aromatic N) is 1. The van der Waals surface area contributed by atoms with Crippen LogP contribution < -0.4 is 14.9 Å². The Labute approximate surface area is 170 Å². The fourth-order valence-corrected chi connectivity index (χ4v) is 3.03. The van der Waals surface area contributed by atoms with Crippen LogP contribution in [-0.4, -0.2) is 24.8 Å². The number of amides is 1. The number of hydrogen-bond acceptors (Lipinski definition) is 5. The number of carbonyl (C=O) groups is 1. The van der Waals surface area contributed by atoms with Gasteiger partial charge < -0.3 is 13.9 Å². The molecular weight excluding hydrogens is 403 g/mol. The summed E-state index contributed by atoms with van der Waals surface area (Å²) in [6.45, 7) is 0.108. The predicted octanol–water partition coefficient (Wildman–Crippen LogP) is 4.54. The van der Waals surface area contributed by atoms with Gasteiger partial charge in [0.05, 0.1) is 16.3 Å². The number of benzene rings is 2. The topological polar surface area (TPSA) is 73.1 Å². The van der Waals surface area contributed by atoms with Crippen LogP contribution in [0, 0.1) is 0 Å². The van der Waals surface area contributed by atoms with E-state index in [4.69, 9.17) is 37.1 Å². The number of halogens is 2. The number of furan rings is 1. The maximum absolute atomic E-state index is 12.2. The molecular formula is C20H14Cl2N2O4. The molecule has 2 heterocycles. The summed E-state index contributed by atoms with van der Waals surface area (Å²) in [6, 6.07) is 15.9. The van der Waals surface area contributed by atoms with E-state index in [0.29, 0.717) is 38.6 Å². The molecule has 1 aromatic heterocycles. The summed E-state index contributed by atoms with van der Waals surface area (Å²) in [7, 11) is 0. The molecule has 0 fully saturated rings. The van der Waals surface area contributed by atoms with Gasteiger partial charge in [-0.2, -0.15) is 5.10 Å². The van der Waals surface area contributed by atoms with Gasteiger partial charge in [-0.05, 0) is 36.4 Å². The lowest BCUT2D eigenvalue weighted by Gasteiger charge is -2.24. The van der Waals surface area contributed by atoms with Gasteiger partial charge in [-0.15, -0.1) is 0 Å². The third kappa shape index (κ3) is 3.83. The second-order valence-corrected chi connectivity index (χ2v) is 6.69. The van der Waals surface area contributed by atoms with Crippen LogP contribution in [0.3, 0.4) is 0 Å². The SMILES string of the molecule is O=C(N/N=C\c1ccc(-c2cccc(Cl)c2Cl)o1)[C@H]1COc2ccccc2O1. The summed E-state index contributed by atoms with van der Waals surface area (Å²) in [6.07, 6.45) is 0.599. The highest BCUT2D eigenvalue weighted by Crippen LogP contribution is 2.34. The smallest absolute Gasteiger partial charge is 0.284 e. The molecule has 4 rings (SSSR count). The van der Waals surface area contributed by atoms with Gasteiger partial charge in [0.1, 0.15) is 18.1 Å². The number of hydrazone groups is 1. The monoisotopic (exact) mass is 416 g/mol. The van der Waals surface area contributed by atoms with Gasteiger partial charge in [0.2, 0.25) is 6.10 Å². The van der Waals surface area contributed by atoms with E-state index in [2.05, 4.69) is 10.5 Å². The summed E-state index contributed by atoms with van der Waals surface area (Å²) < 4.78 is 16.8. The first-order valence-electron chi connectivity index (χ1n) is 8.37. The Morgan fingerprint density at radius 2 is 1.89 bits per heavy atom. The summed E-state index contributed by atoms with van der Waals surface area (Å²) in [4.78, 5) is 12.2. The van der Waals surface area contributed by atoms with Gasteiger partial charge in [-0.3, -0.25) is 4.79 Å². The lowest BCUT2D eigenvalue weighted by atomic mass is 10.2. The molecule has 0 saturated carbocycles. The molecule has 0 aliphatic carbocycles. The third-order valence-electron chi connectivity index (χ3n) is 4.01. The summed E-state index contributed by atoms with van der Waals surface area (Å²) in [5.41, 5.74) is 3.09. The lowest BCUT2D eigenvalue weighted by Crippen LogP contribution is -2.42. The number of fused-ring (bicyclic) bond motifs is 1. The second kappa shape index (κ2) is 7.96. The molecule has 28 heavy (non-hydrogen) atoms. The summed E-state index contributed by atoms with van der Waals surface area (Å²) in [5.74, 6) is 1.69. The van der Waals surface area contributed by atoms with Gasteiger partial charge in [0, 0.05) is 5.56 Å². The minimum Gasteiger partial charge on any atom is -0.485 e. The normalized spacial score (nSPS) is 15.6. The van der Waals surface area contributed by atoms with Gasteiger partial charge in [0.15, 0.2) is 11.5 Å². The van der Waals surface area contributed by atoms with Gasteiger partial charge in [-0.1, -0.05) is 41.4 Å². The Balaban J connectivity index is 1.39. The molecule has 0 saturated heterocycles. The van der Waals surface area contributed by atoms with Gasteiger partial charge in [0.25, 0.3) is 5.91 Å². The van der Waals surface area contributed by atoms with Crippen molar-refractivity contribution in [3.63, 3.8) is 0 Å². The first-order chi connectivity index (χ1) is 13.6. The van der Waals surface area contributed by atoms with Crippen molar-refractivity contribution < 1.29 is 18.7 Å². The Morgan fingerprint density at radius 1 is 1.07 bits per heavy atom. The fraction of sp³-hybridized carbons (Fsp3) is 0.100. The third-order valence-corrected chi connectivity index (χ3v) is 4.83. The van der Waals surface area contributed by atoms with Crippen molar-refractivity contribution in [2.75, 3.05) is 6.61 Å². The molecule has 1 aliphatic heterocycles. The Kier molecular flexibility index (Phi) is 5.23. The van der Waals surface area contributed by atoms with Gasteiger partial charge in [-0.25, -0.2) is 5.43 Å². The van der Waals surface area contributed by atoms with Crippen molar-refractivity contribution >= 4 is 35.3 Å². The van der Waals surface area contributed by atoms with E-state index >= 15 is 0 Å². The molecule has 0 radical (unpaired) electrons. The quantitative estimate of drug-likeness (QED) is 0.500. The average molecular weight is 417 g/mol. The highest BCUT2D eigenvalue weighted by molar-refractivity contribution is 6.43. The van der Waals surface area contributed by atoms with Crippen LogP contribution in [-0.2, 0) is 4.79 Å². The molecule has 2 aromatic carbocycles. The van der Waals surface area contributed by atoms with E-state index in [0.717, 1.165) is 0 Å². The lowest BCUT2D eigenvalue weighted by molar-refractivity contribution is -0.130. The van der Waals surface area contributed by atoms with Crippen LogP contribution in [0.15, 0.2) is 64.1 Å². The van der Waals surface area contributed by atoms with Crippen molar-refractivity contribution in [3.8, 4) is 22.8 Å². The Bertz CT molecular complexity index is 1050. The standard InChI is InChI=1S/C20H14Cl2N2O4/c21-14-5-3-4-13(19(14)22)15-9-8-12(27-15)10-23-24-20(25)18-11-26-16-6-1-2-7-17(16)28-18/h1-10,18H,11H2,(H,24,25)/b23-10-/t18-/m1/s1. The molecule has 6 nitrogen and oxygen atoms in total. The zero-order chi connectivity index (χ0) is 19.5. The largest absolute Gasteiger partial charge is 0.485 e. The zero-order valence-electron chi connectivity index (χ0n) is 14.4. The first-order valence-corrected chi connectivity index (χ1v) is 9.13. The van der Waals surface area contributed by atoms with Gasteiger partial charge >= 0.3 is 0 Å². The maximum Gasteiger partial charge on any atom is 0.284 e. The molecule has 142 valence electrons. The number of nitrogens with one attached hydrogen (secondary N) is 1. The maximum atomic E-state index is 12.2. The highest BCUT2D eigenvalue weighted by Gasteiger charge is 2.27. The van der Waals surface area contributed by atoms with Crippen LogP contribution in [0.1, 0.15) is 5.76 Å².